The van der Waals surface area contributed by atoms with Crippen LogP contribution in [0.3, 0.4) is 0 Å². The Hall–Kier alpha value is -4.04. The molecule has 224 valence electrons. The molecule has 1 fully saturated rings. The van der Waals surface area contributed by atoms with Gasteiger partial charge in [-0.3, -0.25) is 19.2 Å². The fourth-order valence-corrected chi connectivity index (χ4v) is 8.84. The third-order valence-electron chi connectivity index (χ3n) is 8.41. The fourth-order valence-electron chi connectivity index (χ4n) is 6.34. The zero-order valence-corrected chi connectivity index (χ0v) is 23.6. The van der Waals surface area contributed by atoms with Crippen molar-refractivity contribution in [2.75, 3.05) is 0 Å². The van der Waals surface area contributed by atoms with Crippen LogP contribution in [0.5, 0.6) is 0 Å². The van der Waals surface area contributed by atoms with Gasteiger partial charge in [0.2, 0.25) is 0 Å². The van der Waals surface area contributed by atoms with Gasteiger partial charge in [0.15, 0.2) is 11.6 Å². The lowest BCUT2D eigenvalue weighted by Gasteiger charge is -2.33. The molecule has 6 nitrogen and oxygen atoms in total. The number of alkyl halides is 6. The van der Waals surface area contributed by atoms with E-state index >= 15 is 0 Å². The van der Waals surface area contributed by atoms with Crippen molar-refractivity contribution in [3.63, 3.8) is 0 Å². The van der Waals surface area contributed by atoms with Crippen LogP contribution in [0, 0.1) is 11.8 Å². The van der Waals surface area contributed by atoms with Crippen LogP contribution in [0.4, 0.5) is 26.3 Å². The largest absolute Gasteiger partial charge is 0.454 e. The van der Waals surface area contributed by atoms with E-state index in [1.165, 1.54) is 46.9 Å². The number of carbonyl (C=O) groups is 4. The summed E-state index contributed by atoms with van der Waals surface area (Å²) in [6.07, 6.45) is -9.18. The van der Waals surface area contributed by atoms with Gasteiger partial charge in [-0.25, -0.2) is 9.97 Å². The van der Waals surface area contributed by atoms with Crippen molar-refractivity contribution in [3.8, 4) is 21.1 Å². The highest BCUT2D eigenvalue weighted by molar-refractivity contribution is 7.16. The first kappa shape index (κ1) is 28.7. The Bertz CT molecular complexity index is 1750. The molecular weight excluding hydrogens is 630 g/mol. The first-order chi connectivity index (χ1) is 20.7. The van der Waals surface area contributed by atoms with E-state index < -0.39 is 46.9 Å². The molecule has 4 aromatic rings. The van der Waals surface area contributed by atoms with Gasteiger partial charge in [0.25, 0.3) is 11.6 Å². The second-order valence-electron chi connectivity index (χ2n) is 10.9. The van der Waals surface area contributed by atoms with E-state index in [0.717, 1.165) is 34.0 Å². The van der Waals surface area contributed by atoms with E-state index in [4.69, 9.17) is 0 Å². The predicted molar refractivity (Wildman–Crippen MR) is 146 cm³/mol. The number of fused-ring (bicyclic) bond motifs is 6. The van der Waals surface area contributed by atoms with Gasteiger partial charge in [-0.2, -0.15) is 26.3 Å². The van der Waals surface area contributed by atoms with E-state index in [-0.39, 0.29) is 23.4 Å². The van der Waals surface area contributed by atoms with E-state index in [2.05, 4.69) is 9.97 Å². The van der Waals surface area contributed by atoms with Gasteiger partial charge in [0.05, 0.1) is 0 Å². The molecule has 4 atom stereocenters. The SMILES string of the molecule is O=C1c2nc(-c3ccc(C(=O)C(F)(F)F)cc3)sc2C2CC3C(=O)c4nc(-c5ccc(C(=O)C(F)(F)F)cc5)sc4C3CC12. The molecule has 0 bridgehead atoms. The Morgan fingerprint density at radius 1 is 0.591 bits per heavy atom. The summed E-state index contributed by atoms with van der Waals surface area (Å²) < 4.78 is 76.5. The van der Waals surface area contributed by atoms with Crippen molar-refractivity contribution >= 4 is 45.8 Å². The van der Waals surface area contributed by atoms with Crippen molar-refractivity contribution in [1.29, 1.82) is 0 Å². The maximum Gasteiger partial charge on any atom is 0.454 e. The lowest BCUT2D eigenvalue weighted by Crippen LogP contribution is -2.30. The zero-order valence-electron chi connectivity index (χ0n) is 22.0. The quantitative estimate of drug-likeness (QED) is 0.167. The molecule has 0 saturated heterocycles. The Morgan fingerprint density at radius 3 is 1.25 bits per heavy atom. The molecule has 3 aliphatic rings. The monoisotopic (exact) mass is 646 g/mol. The third kappa shape index (κ3) is 4.45. The highest BCUT2D eigenvalue weighted by Gasteiger charge is 2.55. The maximum atomic E-state index is 13.5. The van der Waals surface area contributed by atoms with Crippen molar-refractivity contribution in [1.82, 2.24) is 9.97 Å². The molecule has 2 aromatic carbocycles. The van der Waals surface area contributed by atoms with Crippen LogP contribution in [0.1, 0.15) is 76.1 Å². The number of benzene rings is 2. The molecule has 0 spiro atoms. The Morgan fingerprint density at radius 2 is 0.932 bits per heavy atom. The third-order valence-corrected chi connectivity index (χ3v) is 10.9. The van der Waals surface area contributed by atoms with E-state index in [0.29, 0.717) is 45.4 Å². The van der Waals surface area contributed by atoms with Crippen LogP contribution in [-0.2, 0) is 0 Å². The number of thiazole rings is 2. The molecule has 0 aliphatic heterocycles. The van der Waals surface area contributed by atoms with Crippen LogP contribution >= 0.6 is 22.7 Å². The number of hydrogen-bond acceptors (Lipinski definition) is 8. The average Bonchev–Trinajstić information content (AvgIpc) is 3.73. The predicted octanol–water partition coefficient (Wildman–Crippen LogP) is 7.71. The summed E-state index contributed by atoms with van der Waals surface area (Å²) in [4.78, 5) is 60.4. The van der Waals surface area contributed by atoms with Gasteiger partial charge in [-0.15, -0.1) is 22.7 Å². The highest BCUT2D eigenvalue weighted by Crippen LogP contribution is 2.59. The molecule has 3 aliphatic carbocycles. The molecule has 0 amide bonds. The lowest BCUT2D eigenvalue weighted by molar-refractivity contribution is -0.0888. The summed E-state index contributed by atoms with van der Waals surface area (Å²) in [5.74, 6) is -5.51. The first-order valence-corrected chi connectivity index (χ1v) is 14.9. The number of carbonyl (C=O) groups excluding carboxylic acids is 4. The van der Waals surface area contributed by atoms with Crippen LogP contribution < -0.4 is 0 Å². The molecule has 2 aromatic heterocycles. The molecule has 0 radical (unpaired) electrons. The number of hydrogen-bond donors (Lipinski definition) is 0. The van der Waals surface area contributed by atoms with Crippen LogP contribution in [0.25, 0.3) is 21.1 Å². The van der Waals surface area contributed by atoms with Crippen molar-refractivity contribution in [2.24, 2.45) is 11.8 Å². The van der Waals surface area contributed by atoms with Crippen molar-refractivity contribution in [3.05, 3.63) is 80.8 Å². The first-order valence-electron chi connectivity index (χ1n) is 13.3. The molecule has 0 N–H and O–H groups in total. The summed E-state index contributed by atoms with van der Waals surface area (Å²) in [5, 5.41) is 0.863. The van der Waals surface area contributed by atoms with E-state index in [1.807, 2.05) is 0 Å². The second kappa shape index (κ2) is 9.73. The fraction of sp³-hybridized carbons (Fsp3) is 0.267. The number of Topliss-reactive ketones (excluding diaryl/α,β-unsaturated/α-hetero) is 4. The second-order valence-corrected chi connectivity index (χ2v) is 13.0. The zero-order chi connectivity index (χ0) is 31.3. The van der Waals surface area contributed by atoms with Crippen LogP contribution in [-0.4, -0.2) is 45.5 Å². The van der Waals surface area contributed by atoms with Crippen LogP contribution in [0.15, 0.2) is 48.5 Å². The number of nitrogens with zero attached hydrogens (tertiary/aromatic N) is 2. The molecule has 44 heavy (non-hydrogen) atoms. The minimum absolute atomic E-state index is 0.162. The summed E-state index contributed by atoms with van der Waals surface area (Å²) in [5.41, 5.74) is 0.513. The molecule has 1 saturated carbocycles. The minimum atomic E-state index is -4.99. The summed E-state index contributed by atoms with van der Waals surface area (Å²) in [7, 11) is 0. The van der Waals surface area contributed by atoms with E-state index in [9.17, 15) is 45.5 Å². The van der Waals surface area contributed by atoms with Gasteiger partial charge in [-0.1, -0.05) is 48.5 Å². The number of aromatic nitrogens is 2. The Balaban J connectivity index is 1.11. The maximum absolute atomic E-state index is 13.5. The lowest BCUT2D eigenvalue weighted by atomic mass is 9.70. The molecule has 7 rings (SSSR count). The average molecular weight is 647 g/mol. The Kier molecular flexibility index (Phi) is 6.35. The number of rotatable bonds is 4. The molecule has 4 unspecified atom stereocenters. The van der Waals surface area contributed by atoms with Gasteiger partial charge in [0.1, 0.15) is 21.4 Å². The van der Waals surface area contributed by atoms with Crippen LogP contribution in [0.2, 0.25) is 0 Å². The smallest absolute Gasteiger partial charge is 0.292 e. The minimum Gasteiger partial charge on any atom is -0.292 e. The topological polar surface area (TPSA) is 94.1 Å². The molecule has 14 heteroatoms. The van der Waals surface area contributed by atoms with Gasteiger partial charge >= 0.3 is 12.4 Å². The number of halogens is 6. The van der Waals surface area contributed by atoms with Crippen molar-refractivity contribution in [2.45, 2.75) is 37.0 Å². The van der Waals surface area contributed by atoms with E-state index in [1.54, 1.807) is 0 Å². The van der Waals surface area contributed by atoms with Gasteiger partial charge in [-0.05, 0) is 12.8 Å². The summed E-state index contributed by atoms with van der Waals surface area (Å²) in [6, 6.07) is 9.71. The van der Waals surface area contributed by atoms with Gasteiger partial charge < -0.3 is 0 Å². The molecule has 2 heterocycles. The molecular formula is C30H16F6N2O4S2. The normalized spacial score (nSPS) is 22.4. The highest BCUT2D eigenvalue weighted by atomic mass is 32.1. The standard InChI is InChI=1S/C30H16F6N2O4S2/c31-29(32,33)25(41)11-1-5-13(6-2-11)27-37-19-21(39)15-10-18-16(9-17(15)23(19)43-27)22(40)20-24(18)44-28(38-20)14-7-3-12(4-8-14)26(42)30(34,35)36/h1-8,15-18H,9-10H2. The van der Waals surface area contributed by atoms with Gasteiger partial charge in [0, 0.05) is 55.7 Å². The summed E-state index contributed by atoms with van der Waals surface area (Å²) in [6.45, 7) is 0. The Labute approximate surface area is 251 Å². The number of ketones is 4. The van der Waals surface area contributed by atoms with Crippen molar-refractivity contribution < 1.29 is 45.5 Å². The summed E-state index contributed by atoms with van der Waals surface area (Å²) >= 11 is 2.50.